The number of fused-ring (bicyclic) bond motifs is 1. The summed E-state index contributed by atoms with van der Waals surface area (Å²) in [6.07, 6.45) is -0.360. The Kier molecular flexibility index (Phi) is 4.09. The molecule has 1 aromatic carbocycles. The minimum Gasteiger partial charge on any atom is -0.267 e. The van der Waals surface area contributed by atoms with Gasteiger partial charge >= 0.3 is 6.18 Å². The van der Waals surface area contributed by atoms with Crippen molar-refractivity contribution in [2.24, 2.45) is 0 Å². The average Bonchev–Trinajstić information content (AvgIpc) is 2.36. The number of benzene rings is 1. The van der Waals surface area contributed by atoms with E-state index in [9.17, 15) is 18.0 Å². The van der Waals surface area contributed by atoms with E-state index in [0.29, 0.717) is 5.56 Å². The lowest BCUT2D eigenvalue weighted by Crippen LogP contribution is -2.29. The van der Waals surface area contributed by atoms with Gasteiger partial charge in [-0.05, 0) is 48.9 Å². The smallest absolute Gasteiger partial charge is 0.267 e. The Labute approximate surface area is 108 Å². The maximum absolute atomic E-state index is 11.9. The molecule has 0 unspecified atom stereocenters. The molecule has 0 heterocycles. The van der Waals surface area contributed by atoms with E-state index < -0.39 is 18.7 Å². The van der Waals surface area contributed by atoms with Crippen molar-refractivity contribution in [1.29, 1.82) is 0 Å². The lowest BCUT2D eigenvalue weighted by Gasteiger charge is -2.16. The molecule has 1 aliphatic carbocycles. The minimum atomic E-state index is -4.46. The van der Waals surface area contributed by atoms with Gasteiger partial charge in [0.25, 0.3) is 5.91 Å². The number of hydrogen-bond donors (Lipinski definition) is 1. The van der Waals surface area contributed by atoms with Crippen molar-refractivity contribution in [3.63, 3.8) is 0 Å². The Balaban J connectivity index is 1.96. The summed E-state index contributed by atoms with van der Waals surface area (Å²) in [6, 6.07) is 5.18. The first-order valence-electron chi connectivity index (χ1n) is 6.06. The Bertz CT molecular complexity index is 471. The zero-order valence-electron chi connectivity index (χ0n) is 10.2. The molecule has 0 saturated heterocycles. The predicted octanol–water partition coefficient (Wildman–Crippen LogP) is 2.79. The second kappa shape index (κ2) is 5.61. The second-order valence-electron chi connectivity index (χ2n) is 4.53. The van der Waals surface area contributed by atoms with Gasteiger partial charge in [0.1, 0.15) is 0 Å². The number of amides is 1. The molecular weight excluding hydrogens is 259 g/mol. The van der Waals surface area contributed by atoms with Crippen LogP contribution < -0.4 is 5.48 Å². The molecule has 6 heteroatoms. The monoisotopic (exact) mass is 273 g/mol. The van der Waals surface area contributed by atoms with Gasteiger partial charge < -0.3 is 0 Å². The molecule has 1 amide bonds. The topological polar surface area (TPSA) is 38.3 Å². The van der Waals surface area contributed by atoms with E-state index in [1.54, 1.807) is 17.6 Å². The highest BCUT2D eigenvalue weighted by Gasteiger charge is 2.28. The van der Waals surface area contributed by atoms with E-state index in [-0.39, 0.29) is 0 Å². The number of halogens is 3. The summed E-state index contributed by atoms with van der Waals surface area (Å²) in [5.41, 5.74) is 4.43. The second-order valence-corrected chi connectivity index (χ2v) is 4.53. The van der Waals surface area contributed by atoms with Gasteiger partial charge in [-0.25, -0.2) is 5.48 Å². The highest BCUT2D eigenvalue weighted by atomic mass is 19.4. The van der Waals surface area contributed by atoms with Crippen molar-refractivity contribution in [3.05, 3.63) is 34.9 Å². The highest BCUT2D eigenvalue weighted by Crippen LogP contribution is 2.22. The summed E-state index contributed by atoms with van der Waals surface area (Å²) in [7, 11) is 0. The van der Waals surface area contributed by atoms with Gasteiger partial charge in [0.15, 0.2) is 6.61 Å². The Morgan fingerprint density at radius 2 is 1.89 bits per heavy atom. The molecule has 104 valence electrons. The number of alkyl halides is 3. The van der Waals surface area contributed by atoms with Gasteiger partial charge in [0.2, 0.25) is 0 Å². The molecule has 1 N–H and O–H groups in total. The van der Waals surface area contributed by atoms with Crippen LogP contribution in [0.5, 0.6) is 0 Å². The van der Waals surface area contributed by atoms with Gasteiger partial charge in [-0.1, -0.05) is 6.07 Å². The van der Waals surface area contributed by atoms with E-state index in [1.165, 1.54) is 5.56 Å². The normalized spacial score (nSPS) is 14.9. The largest absolute Gasteiger partial charge is 0.414 e. The molecule has 0 bridgehead atoms. The quantitative estimate of drug-likeness (QED) is 0.860. The zero-order chi connectivity index (χ0) is 13.9. The number of rotatable bonds is 3. The maximum Gasteiger partial charge on any atom is 0.414 e. The van der Waals surface area contributed by atoms with E-state index in [4.69, 9.17) is 0 Å². The van der Waals surface area contributed by atoms with E-state index in [2.05, 4.69) is 4.84 Å². The summed E-state index contributed by atoms with van der Waals surface area (Å²) in [6.45, 7) is -1.50. The van der Waals surface area contributed by atoms with Crippen molar-refractivity contribution in [2.75, 3.05) is 6.61 Å². The molecule has 0 atom stereocenters. The third-order valence-electron chi connectivity index (χ3n) is 3.01. The molecule has 0 aliphatic heterocycles. The minimum absolute atomic E-state index is 0.322. The van der Waals surface area contributed by atoms with Crippen LogP contribution in [0.1, 0.15) is 34.3 Å². The molecule has 2 rings (SSSR count). The number of aryl methyl sites for hydroxylation is 2. The van der Waals surface area contributed by atoms with Crippen molar-refractivity contribution < 1.29 is 22.8 Å². The highest BCUT2D eigenvalue weighted by molar-refractivity contribution is 5.93. The van der Waals surface area contributed by atoms with Crippen LogP contribution in [-0.2, 0) is 17.7 Å². The molecule has 1 aliphatic rings. The first-order valence-corrected chi connectivity index (χ1v) is 6.06. The van der Waals surface area contributed by atoms with Gasteiger partial charge in [-0.2, -0.15) is 13.2 Å². The SMILES string of the molecule is O=C(NOCC(F)(F)F)c1ccc2c(c1)CCCC2. The molecule has 0 aromatic heterocycles. The van der Waals surface area contributed by atoms with Crippen LogP contribution in [0.15, 0.2) is 18.2 Å². The lowest BCUT2D eigenvalue weighted by molar-refractivity contribution is -0.184. The number of carbonyl (C=O) groups is 1. The van der Waals surface area contributed by atoms with Gasteiger partial charge in [-0.3, -0.25) is 9.63 Å². The fourth-order valence-electron chi connectivity index (χ4n) is 2.12. The van der Waals surface area contributed by atoms with Crippen molar-refractivity contribution in [1.82, 2.24) is 5.48 Å². The Hall–Kier alpha value is -1.56. The molecule has 19 heavy (non-hydrogen) atoms. The van der Waals surface area contributed by atoms with Gasteiger partial charge in [0.05, 0.1) is 0 Å². The van der Waals surface area contributed by atoms with Gasteiger partial charge in [-0.15, -0.1) is 0 Å². The summed E-state index contributed by atoms with van der Waals surface area (Å²) < 4.78 is 35.6. The predicted molar refractivity (Wildman–Crippen MR) is 62.6 cm³/mol. The Morgan fingerprint density at radius 3 is 2.58 bits per heavy atom. The number of hydrogen-bond acceptors (Lipinski definition) is 2. The summed E-state index contributed by atoms with van der Waals surface area (Å²) in [5, 5.41) is 0. The number of carbonyl (C=O) groups excluding carboxylic acids is 1. The fourth-order valence-corrected chi connectivity index (χ4v) is 2.12. The van der Waals surface area contributed by atoms with Crippen molar-refractivity contribution in [3.8, 4) is 0 Å². The third kappa shape index (κ3) is 3.96. The average molecular weight is 273 g/mol. The van der Waals surface area contributed by atoms with Crippen LogP contribution in [0.25, 0.3) is 0 Å². The molecular formula is C13H14F3NO2. The summed E-state index contributed by atoms with van der Waals surface area (Å²) in [4.78, 5) is 15.7. The Morgan fingerprint density at radius 1 is 1.21 bits per heavy atom. The first kappa shape index (κ1) is 13.9. The van der Waals surface area contributed by atoms with Crippen LogP contribution in [0.4, 0.5) is 13.2 Å². The van der Waals surface area contributed by atoms with E-state index in [0.717, 1.165) is 31.2 Å². The molecule has 0 radical (unpaired) electrons. The van der Waals surface area contributed by atoms with Crippen LogP contribution >= 0.6 is 0 Å². The first-order chi connectivity index (χ1) is 8.96. The van der Waals surface area contributed by atoms with Gasteiger partial charge in [0, 0.05) is 5.56 Å². The third-order valence-corrected chi connectivity index (χ3v) is 3.01. The molecule has 0 fully saturated rings. The maximum atomic E-state index is 11.9. The molecule has 1 aromatic rings. The van der Waals surface area contributed by atoms with E-state index in [1.807, 2.05) is 6.07 Å². The lowest BCUT2D eigenvalue weighted by atomic mass is 9.90. The summed E-state index contributed by atoms with van der Waals surface area (Å²) >= 11 is 0. The molecule has 3 nitrogen and oxygen atoms in total. The van der Waals surface area contributed by atoms with Crippen molar-refractivity contribution >= 4 is 5.91 Å². The molecule has 0 saturated carbocycles. The standard InChI is InChI=1S/C13H14F3NO2/c14-13(15,16)8-19-17-12(18)11-6-5-9-3-1-2-4-10(9)7-11/h5-7H,1-4,8H2,(H,17,18). The van der Waals surface area contributed by atoms with Crippen LogP contribution in [-0.4, -0.2) is 18.7 Å². The van der Waals surface area contributed by atoms with Crippen LogP contribution in [0.3, 0.4) is 0 Å². The number of nitrogens with one attached hydrogen (secondary N) is 1. The molecule has 0 spiro atoms. The zero-order valence-corrected chi connectivity index (χ0v) is 10.2. The van der Waals surface area contributed by atoms with Crippen LogP contribution in [0, 0.1) is 0 Å². The number of hydroxylamine groups is 1. The van der Waals surface area contributed by atoms with E-state index >= 15 is 0 Å². The van der Waals surface area contributed by atoms with Crippen LogP contribution in [0.2, 0.25) is 0 Å². The summed E-state index contributed by atoms with van der Waals surface area (Å²) in [5.74, 6) is -0.655. The van der Waals surface area contributed by atoms with Crippen molar-refractivity contribution in [2.45, 2.75) is 31.9 Å². The fraction of sp³-hybridized carbons (Fsp3) is 0.462.